The van der Waals surface area contributed by atoms with Gasteiger partial charge in [-0.05, 0) is 44.5 Å². The van der Waals surface area contributed by atoms with Crippen molar-refractivity contribution in [3.63, 3.8) is 0 Å². The van der Waals surface area contributed by atoms with Crippen LogP contribution >= 0.6 is 22.9 Å². The molecule has 202 valence electrons. The lowest BCUT2D eigenvalue weighted by Crippen LogP contribution is -2.54. The molecule has 2 aliphatic heterocycles. The number of anilines is 1. The van der Waals surface area contributed by atoms with Gasteiger partial charge in [0.2, 0.25) is 11.8 Å². The SMILES string of the molecule is COc1c(F)c(Cl)cc2sc(C(C)(C)NC(=O)Nc3ccc4c(c3)C(=O)N(C3CCC(=O)NC3=O)C4=O)nc12. The van der Waals surface area contributed by atoms with E-state index in [2.05, 4.69) is 20.9 Å². The second kappa shape index (κ2) is 9.58. The number of nitrogens with zero attached hydrogens (tertiary/aromatic N) is 2. The number of piperidine rings is 1. The Labute approximate surface area is 229 Å². The predicted octanol–water partition coefficient (Wildman–Crippen LogP) is 3.56. The minimum Gasteiger partial charge on any atom is -0.491 e. The van der Waals surface area contributed by atoms with Gasteiger partial charge in [0, 0.05) is 12.1 Å². The minimum atomic E-state index is -1.09. The van der Waals surface area contributed by atoms with Crippen LogP contribution in [0.5, 0.6) is 5.75 Å². The van der Waals surface area contributed by atoms with Gasteiger partial charge in [-0.2, -0.15) is 0 Å². The van der Waals surface area contributed by atoms with Crippen LogP contribution in [0.4, 0.5) is 14.9 Å². The molecule has 1 saturated heterocycles. The number of rotatable bonds is 5. The van der Waals surface area contributed by atoms with Crippen molar-refractivity contribution in [2.24, 2.45) is 0 Å². The number of nitrogens with one attached hydrogen (secondary N) is 3. The number of carbonyl (C=O) groups excluding carboxylic acids is 5. The van der Waals surface area contributed by atoms with E-state index in [0.29, 0.717) is 9.71 Å². The molecule has 14 heteroatoms. The first-order valence-electron chi connectivity index (χ1n) is 11.7. The fourth-order valence-corrected chi connectivity index (χ4v) is 5.81. The molecule has 11 nitrogen and oxygen atoms in total. The standard InChI is InChI=1S/C25H21ClFN5O6S/c1-25(2,23-30-18-15(39-23)9-13(26)17(27)19(18)38-3)31-24(37)28-10-4-5-11-12(8-10)22(36)32(21(11)35)14-6-7-16(33)29-20(14)34/h4-5,8-9,14H,6-7H2,1-3H3,(H2,28,31,37)(H,29,33,34). The number of hydrogen-bond donors (Lipinski definition) is 3. The second-order valence-electron chi connectivity index (χ2n) is 9.48. The first-order valence-corrected chi connectivity index (χ1v) is 12.9. The number of hydrogen-bond acceptors (Lipinski definition) is 8. The highest BCUT2D eigenvalue weighted by Crippen LogP contribution is 2.39. The van der Waals surface area contributed by atoms with Crippen molar-refractivity contribution < 1.29 is 33.1 Å². The summed E-state index contributed by atoms with van der Waals surface area (Å²) in [5.41, 5.74) is -0.387. The van der Waals surface area contributed by atoms with Gasteiger partial charge in [0.25, 0.3) is 11.8 Å². The molecule has 0 saturated carbocycles. The van der Waals surface area contributed by atoms with Crippen LogP contribution in [-0.2, 0) is 15.1 Å². The summed E-state index contributed by atoms with van der Waals surface area (Å²) in [6, 6.07) is 3.91. The van der Waals surface area contributed by atoms with Crippen LogP contribution in [0.1, 0.15) is 52.4 Å². The molecule has 3 N–H and O–H groups in total. The molecule has 39 heavy (non-hydrogen) atoms. The molecule has 0 aliphatic carbocycles. The van der Waals surface area contributed by atoms with Crippen molar-refractivity contribution in [1.29, 1.82) is 0 Å². The Hall–Kier alpha value is -4.10. The number of carbonyl (C=O) groups is 5. The van der Waals surface area contributed by atoms with Crippen molar-refractivity contribution in [3.05, 3.63) is 51.2 Å². The Morgan fingerprint density at radius 1 is 1.21 bits per heavy atom. The highest BCUT2D eigenvalue weighted by molar-refractivity contribution is 7.18. The van der Waals surface area contributed by atoms with E-state index in [0.717, 1.165) is 4.90 Å². The van der Waals surface area contributed by atoms with Crippen LogP contribution in [0.25, 0.3) is 10.2 Å². The number of imide groups is 2. The number of benzene rings is 2. The number of ether oxygens (including phenoxy) is 1. The minimum absolute atomic E-state index is 0.00991. The van der Waals surface area contributed by atoms with Gasteiger partial charge in [0.05, 0.1) is 33.5 Å². The Balaban J connectivity index is 1.33. The number of urea groups is 1. The van der Waals surface area contributed by atoms with Crippen LogP contribution in [0.2, 0.25) is 5.02 Å². The van der Waals surface area contributed by atoms with Crippen LogP contribution in [0.3, 0.4) is 0 Å². The molecule has 6 amide bonds. The maximum atomic E-state index is 14.3. The first kappa shape index (κ1) is 26.5. The normalized spacial score (nSPS) is 17.4. The zero-order chi connectivity index (χ0) is 28.2. The van der Waals surface area contributed by atoms with Crippen molar-refractivity contribution in [1.82, 2.24) is 20.5 Å². The fourth-order valence-electron chi connectivity index (χ4n) is 4.49. The number of aromatic nitrogens is 1. The summed E-state index contributed by atoms with van der Waals surface area (Å²) in [5, 5.41) is 7.91. The highest BCUT2D eigenvalue weighted by Gasteiger charge is 2.44. The van der Waals surface area contributed by atoms with Gasteiger partial charge in [-0.25, -0.2) is 14.2 Å². The molecule has 5 rings (SSSR count). The third-order valence-electron chi connectivity index (χ3n) is 6.40. The number of fused-ring (bicyclic) bond motifs is 2. The first-order chi connectivity index (χ1) is 18.4. The summed E-state index contributed by atoms with van der Waals surface area (Å²) >= 11 is 7.17. The molecule has 0 radical (unpaired) electrons. The van der Waals surface area contributed by atoms with Crippen molar-refractivity contribution in [2.45, 2.75) is 38.3 Å². The largest absolute Gasteiger partial charge is 0.491 e. The molecule has 1 aromatic heterocycles. The van der Waals surface area contributed by atoms with Gasteiger partial charge in [-0.15, -0.1) is 11.3 Å². The molecule has 1 fully saturated rings. The zero-order valence-corrected chi connectivity index (χ0v) is 22.4. The summed E-state index contributed by atoms with van der Waals surface area (Å²) in [6.07, 6.45) is 0.0468. The van der Waals surface area contributed by atoms with Crippen molar-refractivity contribution >= 4 is 68.5 Å². The maximum Gasteiger partial charge on any atom is 0.319 e. The lowest BCUT2D eigenvalue weighted by atomic mass is 10.0. The van der Waals surface area contributed by atoms with E-state index in [9.17, 15) is 28.4 Å². The molecule has 3 heterocycles. The number of thiazole rings is 1. The fraction of sp³-hybridized carbons (Fsp3) is 0.280. The quantitative estimate of drug-likeness (QED) is 0.395. The summed E-state index contributed by atoms with van der Waals surface area (Å²) in [4.78, 5) is 67.8. The van der Waals surface area contributed by atoms with Crippen molar-refractivity contribution in [2.75, 3.05) is 12.4 Å². The Morgan fingerprint density at radius 3 is 2.62 bits per heavy atom. The van der Waals surface area contributed by atoms with Gasteiger partial charge in [0.15, 0.2) is 11.6 Å². The summed E-state index contributed by atoms with van der Waals surface area (Å²) in [6.45, 7) is 3.41. The van der Waals surface area contributed by atoms with Crippen molar-refractivity contribution in [3.8, 4) is 5.75 Å². The van der Waals surface area contributed by atoms with Gasteiger partial charge in [0.1, 0.15) is 16.6 Å². The Bertz CT molecular complexity index is 1610. The average Bonchev–Trinajstić information content (AvgIpc) is 3.39. The molecule has 0 spiro atoms. The molecule has 0 bridgehead atoms. The lowest BCUT2D eigenvalue weighted by Gasteiger charge is -2.27. The lowest BCUT2D eigenvalue weighted by molar-refractivity contribution is -0.136. The predicted molar refractivity (Wildman–Crippen MR) is 139 cm³/mol. The molecule has 1 atom stereocenters. The number of amides is 6. The molecule has 3 aromatic rings. The van der Waals surface area contributed by atoms with Gasteiger partial charge in [-0.3, -0.25) is 29.4 Å². The van der Waals surface area contributed by atoms with Gasteiger partial charge < -0.3 is 15.4 Å². The summed E-state index contributed by atoms with van der Waals surface area (Å²) in [5.74, 6) is -3.34. The van der Waals surface area contributed by atoms with E-state index in [1.54, 1.807) is 13.8 Å². The molecule has 2 aliphatic rings. The third-order valence-corrected chi connectivity index (χ3v) is 8.00. The van der Waals surface area contributed by atoms with E-state index in [4.69, 9.17) is 16.3 Å². The van der Waals surface area contributed by atoms with E-state index in [1.807, 2.05) is 0 Å². The molecular weight excluding hydrogens is 553 g/mol. The monoisotopic (exact) mass is 573 g/mol. The average molecular weight is 574 g/mol. The number of halogens is 2. The van der Waals surface area contributed by atoms with E-state index in [1.165, 1.54) is 42.7 Å². The highest BCUT2D eigenvalue weighted by atomic mass is 35.5. The number of methoxy groups -OCH3 is 1. The third kappa shape index (κ3) is 4.57. The van der Waals surface area contributed by atoms with Gasteiger partial charge in [-0.1, -0.05) is 11.6 Å². The van der Waals surface area contributed by atoms with Crippen LogP contribution in [-0.4, -0.2) is 52.7 Å². The van der Waals surface area contributed by atoms with E-state index in [-0.39, 0.29) is 45.9 Å². The van der Waals surface area contributed by atoms with E-state index >= 15 is 0 Å². The summed E-state index contributed by atoms with van der Waals surface area (Å²) in [7, 11) is 1.31. The molecule has 1 unspecified atom stereocenters. The molecule has 2 aromatic carbocycles. The van der Waals surface area contributed by atoms with Crippen LogP contribution in [0.15, 0.2) is 24.3 Å². The summed E-state index contributed by atoms with van der Waals surface area (Å²) < 4.78 is 20.1. The Morgan fingerprint density at radius 2 is 1.92 bits per heavy atom. The second-order valence-corrected chi connectivity index (χ2v) is 10.9. The van der Waals surface area contributed by atoms with Gasteiger partial charge >= 0.3 is 6.03 Å². The van der Waals surface area contributed by atoms with Crippen LogP contribution < -0.4 is 20.7 Å². The zero-order valence-electron chi connectivity index (χ0n) is 20.8. The molecular formula is C25H21ClFN5O6S. The Kier molecular flexibility index (Phi) is 6.51. The maximum absolute atomic E-state index is 14.3. The smallest absolute Gasteiger partial charge is 0.319 e. The van der Waals surface area contributed by atoms with E-state index < -0.39 is 47.1 Å². The topological polar surface area (TPSA) is 147 Å². The van der Waals surface area contributed by atoms with Crippen LogP contribution in [0, 0.1) is 5.82 Å².